The van der Waals surface area contributed by atoms with Crippen LogP contribution in [0.1, 0.15) is 31.2 Å². The molecule has 1 aromatic carbocycles. The molecule has 0 radical (unpaired) electrons. The van der Waals surface area contributed by atoms with E-state index in [9.17, 15) is 27.9 Å². The molecule has 1 fully saturated rings. The number of carbonyl (C=O) groups excluding carboxylic acids is 1. The second kappa shape index (κ2) is 7.02. The van der Waals surface area contributed by atoms with E-state index in [-0.39, 0.29) is 18.0 Å². The number of carboxylic acid groups (broad SMARTS) is 1. The molecule has 0 heterocycles. The van der Waals surface area contributed by atoms with Gasteiger partial charge < -0.3 is 9.84 Å². The van der Waals surface area contributed by atoms with Crippen molar-refractivity contribution in [3.8, 4) is 5.75 Å². The Bertz CT molecular complexity index is 566. The number of Topliss-reactive ketones (excluding diaryl/α,β-unsaturated/α-hetero) is 1. The van der Waals surface area contributed by atoms with Crippen LogP contribution in [0.2, 0.25) is 0 Å². The molecule has 0 aliphatic heterocycles. The molecule has 7 heteroatoms. The number of hydrogen-bond donors (Lipinski definition) is 1. The van der Waals surface area contributed by atoms with Crippen LogP contribution in [0.15, 0.2) is 24.3 Å². The molecule has 1 aliphatic carbocycles. The Hall–Kier alpha value is -2.05. The van der Waals surface area contributed by atoms with Gasteiger partial charge >= 0.3 is 12.3 Å². The lowest BCUT2D eigenvalue weighted by atomic mass is 9.76. The number of rotatable bonds is 5. The first kappa shape index (κ1) is 17.3. The van der Waals surface area contributed by atoms with Gasteiger partial charge in [-0.2, -0.15) is 0 Å². The molecule has 0 spiro atoms. The molecule has 1 saturated carbocycles. The number of hydrogen-bond acceptors (Lipinski definition) is 3. The standard InChI is InChI=1S/C16H17F3O4/c17-16(18,19)23-11-7-5-10(6-8-11)9-14(20)12-3-1-2-4-13(12)15(21)22/h5-8,12-13H,1-4,9H2,(H,21,22)/t12-,13+/m1/s1. The maximum atomic E-state index is 12.3. The van der Waals surface area contributed by atoms with Gasteiger partial charge in [-0.1, -0.05) is 25.0 Å². The second-order valence-corrected chi connectivity index (χ2v) is 5.67. The molecule has 1 N–H and O–H groups in total. The lowest BCUT2D eigenvalue weighted by molar-refractivity contribution is -0.274. The Morgan fingerprint density at radius 1 is 1.09 bits per heavy atom. The number of aliphatic carboxylic acids is 1. The molecule has 4 nitrogen and oxygen atoms in total. The van der Waals surface area contributed by atoms with Gasteiger partial charge in [-0.25, -0.2) is 0 Å². The highest BCUT2D eigenvalue weighted by Gasteiger charge is 2.35. The molecule has 1 aromatic rings. The molecule has 2 rings (SSSR count). The van der Waals surface area contributed by atoms with Crippen LogP contribution in [0.3, 0.4) is 0 Å². The van der Waals surface area contributed by atoms with E-state index in [1.807, 2.05) is 0 Å². The summed E-state index contributed by atoms with van der Waals surface area (Å²) in [7, 11) is 0. The van der Waals surface area contributed by atoms with Crippen molar-refractivity contribution in [1.29, 1.82) is 0 Å². The van der Waals surface area contributed by atoms with Crippen molar-refractivity contribution in [3.63, 3.8) is 0 Å². The number of halogens is 3. The molecule has 0 amide bonds. The third-order valence-electron chi connectivity index (χ3n) is 4.03. The lowest BCUT2D eigenvalue weighted by Gasteiger charge is -2.27. The zero-order chi connectivity index (χ0) is 17.0. The number of benzene rings is 1. The largest absolute Gasteiger partial charge is 0.573 e. The van der Waals surface area contributed by atoms with E-state index in [1.165, 1.54) is 12.1 Å². The van der Waals surface area contributed by atoms with Crippen molar-refractivity contribution in [3.05, 3.63) is 29.8 Å². The number of ketones is 1. The minimum absolute atomic E-state index is 0.0146. The minimum atomic E-state index is -4.76. The van der Waals surface area contributed by atoms with Gasteiger partial charge in [0.2, 0.25) is 0 Å². The summed E-state index contributed by atoms with van der Waals surface area (Å²) in [6.07, 6.45) is -2.09. The predicted octanol–water partition coefficient (Wildman–Crippen LogP) is 3.59. The van der Waals surface area contributed by atoms with Crippen molar-refractivity contribution < 1.29 is 32.6 Å². The lowest BCUT2D eigenvalue weighted by Crippen LogP contribution is -2.33. The smallest absolute Gasteiger partial charge is 0.481 e. The maximum absolute atomic E-state index is 12.3. The Balaban J connectivity index is 2.00. The maximum Gasteiger partial charge on any atom is 0.573 e. The zero-order valence-corrected chi connectivity index (χ0v) is 12.3. The summed E-state index contributed by atoms with van der Waals surface area (Å²) < 4.78 is 40.0. The quantitative estimate of drug-likeness (QED) is 0.896. The monoisotopic (exact) mass is 330 g/mol. The Labute approximate surface area is 131 Å². The van der Waals surface area contributed by atoms with Gasteiger partial charge in [0.15, 0.2) is 0 Å². The summed E-state index contributed by atoms with van der Waals surface area (Å²) in [5.74, 6) is -2.68. The van der Waals surface area contributed by atoms with Crippen LogP contribution in [0.5, 0.6) is 5.75 Å². The van der Waals surface area contributed by atoms with Crippen molar-refractivity contribution in [2.45, 2.75) is 38.5 Å². The third kappa shape index (κ3) is 4.97. The Kier molecular flexibility index (Phi) is 5.28. The van der Waals surface area contributed by atoms with E-state index in [0.717, 1.165) is 25.0 Å². The van der Waals surface area contributed by atoms with Crippen molar-refractivity contribution in [2.75, 3.05) is 0 Å². The zero-order valence-electron chi connectivity index (χ0n) is 12.3. The van der Waals surface area contributed by atoms with Crippen LogP contribution >= 0.6 is 0 Å². The van der Waals surface area contributed by atoms with Gasteiger partial charge in [-0.05, 0) is 30.5 Å². The fourth-order valence-corrected chi connectivity index (χ4v) is 2.95. The Morgan fingerprint density at radius 2 is 1.65 bits per heavy atom. The van der Waals surface area contributed by atoms with Crippen LogP contribution in [0.4, 0.5) is 13.2 Å². The number of alkyl halides is 3. The SMILES string of the molecule is O=C(O)[C@H]1CCCC[C@H]1C(=O)Cc1ccc(OC(F)(F)F)cc1. The third-order valence-corrected chi connectivity index (χ3v) is 4.03. The molecule has 126 valence electrons. The van der Waals surface area contributed by atoms with Gasteiger partial charge in [0, 0.05) is 12.3 Å². The van der Waals surface area contributed by atoms with Crippen LogP contribution < -0.4 is 4.74 Å². The van der Waals surface area contributed by atoms with Crippen LogP contribution in [0, 0.1) is 11.8 Å². The number of carbonyl (C=O) groups is 2. The highest BCUT2D eigenvalue weighted by Crippen LogP contribution is 2.32. The van der Waals surface area contributed by atoms with Gasteiger partial charge in [0.05, 0.1) is 5.92 Å². The van der Waals surface area contributed by atoms with Gasteiger partial charge in [0.25, 0.3) is 0 Å². The van der Waals surface area contributed by atoms with E-state index in [2.05, 4.69) is 4.74 Å². The number of carboxylic acids is 1. The van der Waals surface area contributed by atoms with Gasteiger partial charge in [-0.3, -0.25) is 9.59 Å². The average molecular weight is 330 g/mol. The first-order valence-electron chi connectivity index (χ1n) is 7.36. The van der Waals surface area contributed by atoms with Gasteiger partial charge in [0.1, 0.15) is 11.5 Å². The van der Waals surface area contributed by atoms with Gasteiger partial charge in [-0.15, -0.1) is 13.2 Å². The predicted molar refractivity (Wildman–Crippen MR) is 74.9 cm³/mol. The first-order valence-corrected chi connectivity index (χ1v) is 7.36. The van der Waals surface area contributed by atoms with Crippen LogP contribution in [-0.4, -0.2) is 23.2 Å². The second-order valence-electron chi connectivity index (χ2n) is 5.67. The molecule has 0 saturated heterocycles. The molecule has 0 aromatic heterocycles. The van der Waals surface area contributed by atoms with Crippen molar-refractivity contribution >= 4 is 11.8 Å². The van der Waals surface area contributed by atoms with Crippen molar-refractivity contribution in [1.82, 2.24) is 0 Å². The summed E-state index contributed by atoms with van der Waals surface area (Å²) in [6, 6.07) is 5.06. The molecule has 23 heavy (non-hydrogen) atoms. The van der Waals surface area contributed by atoms with Crippen molar-refractivity contribution in [2.24, 2.45) is 11.8 Å². The van der Waals surface area contributed by atoms with E-state index in [4.69, 9.17) is 0 Å². The summed E-state index contributed by atoms with van der Waals surface area (Å²) in [6.45, 7) is 0. The highest BCUT2D eigenvalue weighted by molar-refractivity contribution is 5.88. The number of ether oxygens (including phenoxy) is 1. The van der Waals surface area contributed by atoms with E-state index < -0.39 is 24.2 Å². The fraction of sp³-hybridized carbons (Fsp3) is 0.500. The summed E-state index contributed by atoms with van der Waals surface area (Å²) in [5, 5.41) is 9.19. The Morgan fingerprint density at radius 3 is 2.17 bits per heavy atom. The summed E-state index contributed by atoms with van der Waals surface area (Å²) in [4.78, 5) is 23.5. The molecule has 0 unspecified atom stereocenters. The minimum Gasteiger partial charge on any atom is -0.481 e. The molecular formula is C16H17F3O4. The molecule has 0 bridgehead atoms. The van der Waals surface area contributed by atoms with E-state index in [1.54, 1.807) is 0 Å². The van der Waals surface area contributed by atoms with Crippen LogP contribution in [-0.2, 0) is 16.0 Å². The normalized spacial score (nSPS) is 21.7. The topological polar surface area (TPSA) is 63.6 Å². The molecule has 1 aliphatic rings. The molecular weight excluding hydrogens is 313 g/mol. The van der Waals surface area contributed by atoms with Crippen LogP contribution in [0.25, 0.3) is 0 Å². The summed E-state index contributed by atoms with van der Waals surface area (Å²) >= 11 is 0. The average Bonchev–Trinajstić information content (AvgIpc) is 2.47. The fourth-order valence-electron chi connectivity index (χ4n) is 2.95. The molecule has 2 atom stereocenters. The van der Waals surface area contributed by atoms with E-state index >= 15 is 0 Å². The summed E-state index contributed by atoms with van der Waals surface area (Å²) in [5.41, 5.74) is 0.541. The first-order chi connectivity index (χ1) is 10.8. The van der Waals surface area contributed by atoms with E-state index in [0.29, 0.717) is 18.4 Å². The highest BCUT2D eigenvalue weighted by atomic mass is 19.4.